The molecule has 0 saturated heterocycles. The Morgan fingerprint density at radius 3 is 2.67 bits per heavy atom. The maximum Gasteiger partial charge on any atom is 0.194 e. The minimum absolute atomic E-state index is 0. The van der Waals surface area contributed by atoms with Gasteiger partial charge in [-0.15, -0.1) is 24.0 Å². The molecule has 0 aliphatic heterocycles. The zero-order valence-corrected chi connectivity index (χ0v) is 14.0. The zero-order valence-electron chi connectivity index (χ0n) is 11.6. The van der Waals surface area contributed by atoms with Gasteiger partial charge in [0.1, 0.15) is 5.82 Å². The molecule has 110 valence electrons. The largest absolute Gasteiger partial charge is 0.370 e. The molecule has 2 aromatic rings. The van der Waals surface area contributed by atoms with E-state index in [4.69, 9.17) is 5.73 Å². The Kier molecular flexibility index (Phi) is 5.55. The third-order valence-corrected chi connectivity index (χ3v) is 3.45. The first-order valence-corrected chi connectivity index (χ1v) is 6.86. The van der Waals surface area contributed by atoms with Crippen LogP contribution < -0.4 is 11.1 Å². The van der Waals surface area contributed by atoms with Gasteiger partial charge in [0.15, 0.2) is 5.96 Å². The van der Waals surface area contributed by atoms with Crippen LogP contribution in [0.3, 0.4) is 0 Å². The van der Waals surface area contributed by atoms with E-state index in [1.165, 1.54) is 5.56 Å². The van der Waals surface area contributed by atoms with Crippen molar-refractivity contribution in [1.82, 2.24) is 4.98 Å². The van der Waals surface area contributed by atoms with Crippen LogP contribution in [-0.2, 0) is 6.42 Å². The molecule has 1 aromatic carbocycles. The SMILES string of the molecule is I.NC(=NC1CC1Cc1ccccc1)Nc1ccccn1. The Morgan fingerprint density at radius 1 is 1.19 bits per heavy atom. The van der Waals surface area contributed by atoms with Crippen molar-refractivity contribution in [2.24, 2.45) is 16.6 Å². The van der Waals surface area contributed by atoms with Crippen LogP contribution >= 0.6 is 24.0 Å². The van der Waals surface area contributed by atoms with Gasteiger partial charge in [-0.25, -0.2) is 9.98 Å². The Bertz CT molecular complexity index is 586. The lowest BCUT2D eigenvalue weighted by atomic mass is 10.1. The van der Waals surface area contributed by atoms with Crippen molar-refractivity contribution in [3.05, 3.63) is 60.3 Å². The number of nitrogens with zero attached hydrogens (tertiary/aromatic N) is 2. The molecule has 21 heavy (non-hydrogen) atoms. The number of guanidine groups is 1. The summed E-state index contributed by atoms with van der Waals surface area (Å²) in [5.41, 5.74) is 7.27. The number of hydrogen-bond donors (Lipinski definition) is 2. The topological polar surface area (TPSA) is 63.3 Å². The molecule has 0 spiro atoms. The van der Waals surface area contributed by atoms with Gasteiger partial charge in [-0.05, 0) is 36.5 Å². The number of hydrogen-bond acceptors (Lipinski definition) is 2. The number of nitrogens with one attached hydrogen (secondary N) is 1. The van der Waals surface area contributed by atoms with E-state index in [1.807, 2.05) is 24.3 Å². The van der Waals surface area contributed by atoms with Gasteiger partial charge in [-0.3, -0.25) is 0 Å². The maximum absolute atomic E-state index is 5.90. The van der Waals surface area contributed by atoms with Gasteiger partial charge in [-0.2, -0.15) is 0 Å². The molecule has 1 saturated carbocycles. The molecule has 1 fully saturated rings. The van der Waals surface area contributed by atoms with Gasteiger partial charge >= 0.3 is 0 Å². The van der Waals surface area contributed by atoms with Crippen LogP contribution in [0.15, 0.2) is 59.7 Å². The molecule has 3 rings (SSSR count). The molecular formula is C16H19IN4. The fourth-order valence-electron chi connectivity index (χ4n) is 2.30. The quantitative estimate of drug-likeness (QED) is 0.476. The highest BCUT2D eigenvalue weighted by Crippen LogP contribution is 2.36. The Balaban J connectivity index is 0.00000161. The summed E-state index contributed by atoms with van der Waals surface area (Å²) >= 11 is 0. The summed E-state index contributed by atoms with van der Waals surface area (Å²) in [5, 5.41) is 3.01. The van der Waals surface area contributed by atoms with Gasteiger partial charge in [-0.1, -0.05) is 36.4 Å². The van der Waals surface area contributed by atoms with Gasteiger partial charge in [0.2, 0.25) is 0 Å². The van der Waals surface area contributed by atoms with Gasteiger partial charge in [0.05, 0.1) is 6.04 Å². The fraction of sp³-hybridized carbons (Fsp3) is 0.250. The predicted octanol–water partition coefficient (Wildman–Crippen LogP) is 3.06. The van der Waals surface area contributed by atoms with Crippen LogP contribution in [0.4, 0.5) is 5.82 Å². The molecule has 0 bridgehead atoms. The molecule has 1 aromatic heterocycles. The van der Waals surface area contributed by atoms with E-state index in [1.54, 1.807) is 6.20 Å². The molecule has 0 radical (unpaired) electrons. The molecular weight excluding hydrogens is 375 g/mol. The first-order valence-electron chi connectivity index (χ1n) is 6.86. The van der Waals surface area contributed by atoms with Crippen LogP contribution in [0.25, 0.3) is 0 Å². The molecule has 5 heteroatoms. The minimum Gasteiger partial charge on any atom is -0.370 e. The van der Waals surface area contributed by atoms with Crippen LogP contribution in [0.2, 0.25) is 0 Å². The second kappa shape index (κ2) is 7.40. The van der Waals surface area contributed by atoms with Gasteiger partial charge in [0, 0.05) is 6.20 Å². The molecule has 2 unspecified atom stereocenters. The molecule has 1 aliphatic carbocycles. The normalized spacial score (nSPS) is 20.5. The number of nitrogens with two attached hydrogens (primary N) is 1. The lowest BCUT2D eigenvalue weighted by molar-refractivity contribution is 0.786. The summed E-state index contributed by atoms with van der Waals surface area (Å²) in [6.07, 6.45) is 3.91. The van der Waals surface area contributed by atoms with E-state index in [2.05, 4.69) is 39.6 Å². The van der Waals surface area contributed by atoms with Crippen molar-refractivity contribution in [2.75, 3.05) is 5.32 Å². The summed E-state index contributed by atoms with van der Waals surface area (Å²) in [4.78, 5) is 8.67. The molecule has 1 heterocycles. The summed E-state index contributed by atoms with van der Waals surface area (Å²) in [6.45, 7) is 0. The van der Waals surface area contributed by atoms with Crippen molar-refractivity contribution in [1.29, 1.82) is 0 Å². The second-order valence-corrected chi connectivity index (χ2v) is 5.11. The maximum atomic E-state index is 5.90. The molecule has 0 amide bonds. The number of anilines is 1. The summed E-state index contributed by atoms with van der Waals surface area (Å²) < 4.78 is 0. The predicted molar refractivity (Wildman–Crippen MR) is 96.9 cm³/mol. The van der Waals surface area contributed by atoms with Crippen molar-refractivity contribution < 1.29 is 0 Å². The Morgan fingerprint density at radius 2 is 1.95 bits per heavy atom. The zero-order chi connectivity index (χ0) is 13.8. The minimum atomic E-state index is 0. The van der Waals surface area contributed by atoms with Crippen LogP contribution in [-0.4, -0.2) is 17.0 Å². The molecule has 1 aliphatic rings. The first-order chi connectivity index (χ1) is 9.81. The van der Waals surface area contributed by atoms with E-state index < -0.39 is 0 Å². The monoisotopic (exact) mass is 394 g/mol. The number of benzene rings is 1. The summed E-state index contributed by atoms with van der Waals surface area (Å²) in [5.74, 6) is 1.79. The van der Waals surface area contributed by atoms with Crippen molar-refractivity contribution in [2.45, 2.75) is 18.9 Å². The molecule has 2 atom stereocenters. The van der Waals surface area contributed by atoms with Gasteiger partial charge < -0.3 is 11.1 Å². The van der Waals surface area contributed by atoms with E-state index in [-0.39, 0.29) is 24.0 Å². The average molecular weight is 394 g/mol. The molecule has 4 nitrogen and oxygen atoms in total. The number of rotatable bonds is 4. The highest BCUT2D eigenvalue weighted by atomic mass is 127. The number of aliphatic imine (C=N–C) groups is 1. The standard InChI is InChI=1S/C16H18N4.HI/c17-16(20-15-8-4-5-9-18-15)19-14-11-13(14)10-12-6-2-1-3-7-12;/h1-9,13-14H,10-11H2,(H3,17,18,19,20);1H. The highest BCUT2D eigenvalue weighted by Gasteiger charge is 2.37. The van der Waals surface area contributed by atoms with E-state index in [0.29, 0.717) is 17.9 Å². The van der Waals surface area contributed by atoms with E-state index in [0.717, 1.165) is 18.7 Å². The van der Waals surface area contributed by atoms with Crippen molar-refractivity contribution in [3.63, 3.8) is 0 Å². The third-order valence-electron chi connectivity index (χ3n) is 3.45. The van der Waals surface area contributed by atoms with Crippen LogP contribution in [0, 0.1) is 5.92 Å². The average Bonchev–Trinajstić information content (AvgIpc) is 3.18. The van der Waals surface area contributed by atoms with Crippen molar-refractivity contribution >= 4 is 35.8 Å². The molecule has 3 N–H and O–H groups in total. The number of pyridine rings is 1. The number of halogens is 1. The highest BCUT2D eigenvalue weighted by molar-refractivity contribution is 14.0. The van der Waals surface area contributed by atoms with E-state index in [9.17, 15) is 0 Å². The Labute approximate surface area is 141 Å². The fourth-order valence-corrected chi connectivity index (χ4v) is 2.30. The lowest BCUT2D eigenvalue weighted by Gasteiger charge is -2.04. The smallest absolute Gasteiger partial charge is 0.194 e. The second-order valence-electron chi connectivity index (χ2n) is 5.11. The van der Waals surface area contributed by atoms with Crippen LogP contribution in [0.1, 0.15) is 12.0 Å². The van der Waals surface area contributed by atoms with Crippen molar-refractivity contribution in [3.8, 4) is 0 Å². The van der Waals surface area contributed by atoms with Gasteiger partial charge in [0.25, 0.3) is 0 Å². The lowest BCUT2D eigenvalue weighted by Crippen LogP contribution is -2.23. The van der Waals surface area contributed by atoms with Crippen LogP contribution in [0.5, 0.6) is 0 Å². The number of aromatic nitrogens is 1. The first kappa shape index (κ1) is 15.8. The third kappa shape index (κ3) is 4.70. The van der Waals surface area contributed by atoms with E-state index >= 15 is 0 Å². The summed E-state index contributed by atoms with van der Waals surface area (Å²) in [6, 6.07) is 16.5. The Hall–Kier alpha value is -1.63. The summed E-state index contributed by atoms with van der Waals surface area (Å²) in [7, 11) is 0.